The Kier molecular flexibility index (Phi) is 2.86. The SMILES string of the molecule is CC(=O)c1ccc(N2CCC(C)C2)cc1O. The lowest BCUT2D eigenvalue weighted by Crippen LogP contribution is -2.18. The van der Waals surface area contributed by atoms with Gasteiger partial charge in [0.15, 0.2) is 5.78 Å². The standard InChI is InChI=1S/C13H17NO2/c1-9-5-6-14(8-9)11-3-4-12(10(2)15)13(16)7-11/h3-4,7,9,16H,5-6,8H2,1-2H3. The second-order valence-electron chi connectivity index (χ2n) is 4.60. The second-order valence-corrected chi connectivity index (χ2v) is 4.60. The van der Waals surface area contributed by atoms with Gasteiger partial charge in [-0.15, -0.1) is 0 Å². The molecule has 0 saturated carbocycles. The summed E-state index contributed by atoms with van der Waals surface area (Å²) in [5.41, 5.74) is 1.41. The van der Waals surface area contributed by atoms with Gasteiger partial charge in [0.2, 0.25) is 0 Å². The molecule has 1 aliphatic heterocycles. The van der Waals surface area contributed by atoms with Crippen molar-refractivity contribution in [2.24, 2.45) is 5.92 Å². The highest BCUT2D eigenvalue weighted by Gasteiger charge is 2.19. The van der Waals surface area contributed by atoms with Crippen molar-refractivity contribution in [2.45, 2.75) is 20.3 Å². The zero-order valence-electron chi connectivity index (χ0n) is 9.73. The fourth-order valence-electron chi connectivity index (χ4n) is 2.18. The minimum absolute atomic E-state index is 0.0875. The molecule has 1 aliphatic rings. The zero-order valence-corrected chi connectivity index (χ0v) is 9.73. The highest BCUT2D eigenvalue weighted by Crippen LogP contribution is 2.28. The quantitative estimate of drug-likeness (QED) is 0.777. The van der Waals surface area contributed by atoms with Gasteiger partial charge in [-0.3, -0.25) is 4.79 Å². The van der Waals surface area contributed by atoms with Gasteiger partial charge in [0.1, 0.15) is 5.75 Å². The van der Waals surface area contributed by atoms with Crippen LogP contribution in [0.4, 0.5) is 5.69 Å². The average Bonchev–Trinajstić information content (AvgIpc) is 2.64. The van der Waals surface area contributed by atoms with Gasteiger partial charge in [0.25, 0.3) is 0 Å². The van der Waals surface area contributed by atoms with Gasteiger partial charge in [-0.05, 0) is 31.4 Å². The van der Waals surface area contributed by atoms with E-state index in [9.17, 15) is 9.90 Å². The van der Waals surface area contributed by atoms with Crippen LogP contribution in [0.2, 0.25) is 0 Å². The Bertz CT molecular complexity index is 414. The van der Waals surface area contributed by atoms with Crippen LogP contribution in [-0.2, 0) is 0 Å². The predicted octanol–water partition coefficient (Wildman–Crippen LogP) is 2.44. The zero-order chi connectivity index (χ0) is 11.7. The van der Waals surface area contributed by atoms with Gasteiger partial charge in [-0.25, -0.2) is 0 Å². The number of nitrogens with zero attached hydrogens (tertiary/aromatic N) is 1. The lowest BCUT2D eigenvalue weighted by Gasteiger charge is -2.18. The van der Waals surface area contributed by atoms with E-state index in [1.807, 2.05) is 6.07 Å². The van der Waals surface area contributed by atoms with E-state index < -0.39 is 0 Å². The maximum absolute atomic E-state index is 11.2. The molecule has 86 valence electrons. The molecule has 1 fully saturated rings. The molecule has 16 heavy (non-hydrogen) atoms. The number of ketones is 1. The highest BCUT2D eigenvalue weighted by molar-refractivity contribution is 5.97. The van der Waals surface area contributed by atoms with E-state index in [0.29, 0.717) is 11.5 Å². The first-order valence-corrected chi connectivity index (χ1v) is 5.67. The Morgan fingerprint density at radius 2 is 2.25 bits per heavy atom. The number of benzene rings is 1. The number of hydrogen-bond acceptors (Lipinski definition) is 3. The van der Waals surface area contributed by atoms with Crippen molar-refractivity contribution in [3.8, 4) is 5.75 Å². The molecule has 0 radical (unpaired) electrons. The largest absolute Gasteiger partial charge is 0.507 e. The molecule has 1 N–H and O–H groups in total. The van der Waals surface area contributed by atoms with Gasteiger partial charge in [0, 0.05) is 24.8 Å². The number of Topliss-reactive ketones (excluding diaryl/α,β-unsaturated/α-hetero) is 1. The molecule has 1 saturated heterocycles. The maximum atomic E-state index is 11.2. The number of rotatable bonds is 2. The lowest BCUT2D eigenvalue weighted by atomic mass is 10.1. The molecular formula is C13H17NO2. The van der Waals surface area contributed by atoms with E-state index >= 15 is 0 Å². The number of aromatic hydroxyl groups is 1. The van der Waals surface area contributed by atoms with Gasteiger partial charge >= 0.3 is 0 Å². The van der Waals surface area contributed by atoms with Crippen molar-refractivity contribution in [3.63, 3.8) is 0 Å². The first-order chi connectivity index (χ1) is 7.58. The lowest BCUT2D eigenvalue weighted by molar-refractivity contribution is 0.101. The summed E-state index contributed by atoms with van der Waals surface area (Å²) in [6, 6.07) is 5.30. The van der Waals surface area contributed by atoms with Crippen LogP contribution in [0, 0.1) is 5.92 Å². The number of carbonyl (C=O) groups is 1. The molecule has 0 bridgehead atoms. The third-order valence-electron chi connectivity index (χ3n) is 3.15. The van der Waals surface area contributed by atoms with Gasteiger partial charge in [-0.1, -0.05) is 6.92 Å². The molecule has 1 unspecified atom stereocenters. The third-order valence-corrected chi connectivity index (χ3v) is 3.15. The number of carbonyl (C=O) groups excluding carboxylic acids is 1. The molecule has 3 heteroatoms. The molecule has 0 aromatic heterocycles. The fourth-order valence-corrected chi connectivity index (χ4v) is 2.18. The summed E-state index contributed by atoms with van der Waals surface area (Å²) in [6.45, 7) is 5.75. The monoisotopic (exact) mass is 219 g/mol. The molecule has 1 heterocycles. The van der Waals surface area contributed by atoms with Crippen molar-refractivity contribution >= 4 is 11.5 Å². The van der Waals surface area contributed by atoms with Crippen LogP contribution in [0.5, 0.6) is 5.75 Å². The molecule has 0 amide bonds. The predicted molar refractivity (Wildman–Crippen MR) is 64.1 cm³/mol. The summed E-state index contributed by atoms with van der Waals surface area (Å²) in [5.74, 6) is 0.693. The first-order valence-electron chi connectivity index (χ1n) is 5.67. The van der Waals surface area contributed by atoms with Gasteiger partial charge in [-0.2, -0.15) is 0 Å². The van der Waals surface area contributed by atoms with Crippen molar-refractivity contribution in [3.05, 3.63) is 23.8 Å². The molecule has 2 rings (SSSR count). The van der Waals surface area contributed by atoms with Crippen molar-refractivity contribution in [1.29, 1.82) is 0 Å². The van der Waals surface area contributed by atoms with Gasteiger partial charge < -0.3 is 10.0 Å². The molecule has 1 aromatic carbocycles. The van der Waals surface area contributed by atoms with Crippen LogP contribution in [0.1, 0.15) is 30.6 Å². The average molecular weight is 219 g/mol. The van der Waals surface area contributed by atoms with Crippen LogP contribution < -0.4 is 4.90 Å². The summed E-state index contributed by atoms with van der Waals surface area (Å²) < 4.78 is 0. The van der Waals surface area contributed by atoms with Crippen LogP contribution >= 0.6 is 0 Å². The van der Waals surface area contributed by atoms with Crippen molar-refractivity contribution in [2.75, 3.05) is 18.0 Å². The number of anilines is 1. The van der Waals surface area contributed by atoms with E-state index in [0.717, 1.165) is 18.8 Å². The molecule has 0 aliphatic carbocycles. The maximum Gasteiger partial charge on any atom is 0.163 e. The van der Waals surface area contributed by atoms with Crippen LogP contribution in [0.25, 0.3) is 0 Å². The van der Waals surface area contributed by atoms with E-state index in [4.69, 9.17) is 0 Å². The van der Waals surface area contributed by atoms with E-state index in [2.05, 4.69) is 11.8 Å². The minimum Gasteiger partial charge on any atom is -0.507 e. The van der Waals surface area contributed by atoms with E-state index in [1.54, 1.807) is 12.1 Å². The fraction of sp³-hybridized carbons (Fsp3) is 0.462. The Labute approximate surface area is 95.7 Å². The third kappa shape index (κ3) is 2.03. The summed E-state index contributed by atoms with van der Waals surface area (Å²) >= 11 is 0. The molecular weight excluding hydrogens is 202 g/mol. The van der Waals surface area contributed by atoms with Crippen molar-refractivity contribution in [1.82, 2.24) is 0 Å². The molecule has 1 aromatic rings. The summed E-state index contributed by atoms with van der Waals surface area (Å²) in [4.78, 5) is 13.4. The molecule has 0 spiro atoms. The number of hydrogen-bond donors (Lipinski definition) is 1. The Hall–Kier alpha value is -1.51. The Morgan fingerprint density at radius 1 is 1.50 bits per heavy atom. The number of phenols is 1. The Balaban J connectivity index is 2.24. The smallest absolute Gasteiger partial charge is 0.163 e. The Morgan fingerprint density at radius 3 is 2.75 bits per heavy atom. The van der Waals surface area contributed by atoms with Crippen LogP contribution in [0.15, 0.2) is 18.2 Å². The second kappa shape index (κ2) is 4.16. The summed E-state index contributed by atoms with van der Waals surface area (Å²) in [6.07, 6.45) is 1.19. The van der Waals surface area contributed by atoms with E-state index in [1.165, 1.54) is 13.3 Å². The molecule has 1 atom stereocenters. The first kappa shape index (κ1) is 11.0. The summed E-state index contributed by atoms with van der Waals surface area (Å²) in [5, 5.41) is 9.74. The summed E-state index contributed by atoms with van der Waals surface area (Å²) in [7, 11) is 0. The van der Waals surface area contributed by atoms with Crippen LogP contribution in [-0.4, -0.2) is 24.0 Å². The normalized spacial score (nSPS) is 20.1. The molecule has 3 nitrogen and oxygen atoms in total. The van der Waals surface area contributed by atoms with Crippen molar-refractivity contribution < 1.29 is 9.90 Å². The van der Waals surface area contributed by atoms with E-state index in [-0.39, 0.29) is 11.5 Å². The van der Waals surface area contributed by atoms with Gasteiger partial charge in [0.05, 0.1) is 5.56 Å². The van der Waals surface area contributed by atoms with Crippen LogP contribution in [0.3, 0.4) is 0 Å². The highest BCUT2D eigenvalue weighted by atomic mass is 16.3. The topological polar surface area (TPSA) is 40.5 Å². The minimum atomic E-state index is -0.0983. The number of phenolic OH excluding ortho intramolecular Hbond substituents is 1.